The van der Waals surface area contributed by atoms with Gasteiger partial charge in [0.1, 0.15) is 0 Å². The molecular weight excluding hydrogens is 296 g/mol. The minimum Gasteiger partial charge on any atom is -0.300 e. The minimum absolute atomic E-state index is 0.0731. The van der Waals surface area contributed by atoms with Crippen LogP contribution in [0.15, 0.2) is 29.2 Å². The van der Waals surface area contributed by atoms with Crippen molar-refractivity contribution >= 4 is 10.0 Å². The fourth-order valence-electron chi connectivity index (χ4n) is 3.66. The van der Waals surface area contributed by atoms with Crippen molar-refractivity contribution in [1.82, 2.24) is 9.62 Å². The lowest BCUT2D eigenvalue weighted by atomic mass is 10.0. The number of likely N-dealkylation sites (tertiary alicyclic amines) is 1. The highest BCUT2D eigenvalue weighted by Crippen LogP contribution is 2.26. The molecule has 0 atom stereocenters. The summed E-state index contributed by atoms with van der Waals surface area (Å²) in [5.74, 6) is 0. The van der Waals surface area contributed by atoms with Crippen LogP contribution in [0.2, 0.25) is 0 Å². The maximum Gasteiger partial charge on any atom is 0.240 e. The highest BCUT2D eigenvalue weighted by atomic mass is 32.2. The van der Waals surface area contributed by atoms with Gasteiger partial charge in [0, 0.05) is 12.1 Å². The molecule has 0 spiro atoms. The normalized spacial score (nSPS) is 22.2. The first-order valence-corrected chi connectivity index (χ1v) is 9.86. The third-order valence-corrected chi connectivity index (χ3v) is 6.56. The Balaban J connectivity index is 1.56. The van der Waals surface area contributed by atoms with E-state index in [2.05, 4.69) is 9.62 Å². The predicted octanol–water partition coefficient (Wildman–Crippen LogP) is 2.68. The molecule has 2 fully saturated rings. The van der Waals surface area contributed by atoms with E-state index in [9.17, 15) is 8.42 Å². The number of nitrogens with zero attached hydrogens (tertiary/aromatic N) is 1. The zero-order valence-corrected chi connectivity index (χ0v) is 14.1. The number of nitrogens with one attached hydrogen (secondary N) is 1. The van der Waals surface area contributed by atoms with Crippen LogP contribution in [-0.2, 0) is 10.0 Å². The molecule has 0 bridgehead atoms. The number of piperidine rings is 1. The number of rotatable bonds is 4. The van der Waals surface area contributed by atoms with Crippen LogP contribution in [0, 0.1) is 6.92 Å². The van der Waals surface area contributed by atoms with Crippen LogP contribution in [0.1, 0.15) is 44.1 Å². The average molecular weight is 322 g/mol. The number of hydrogen-bond donors (Lipinski definition) is 1. The van der Waals surface area contributed by atoms with Gasteiger partial charge >= 0.3 is 0 Å². The fraction of sp³-hybridized carbons (Fsp3) is 0.647. The molecule has 1 heterocycles. The summed E-state index contributed by atoms with van der Waals surface area (Å²) in [5, 5.41) is 0. The fourth-order valence-corrected chi connectivity index (χ4v) is 4.96. The van der Waals surface area contributed by atoms with Crippen LogP contribution >= 0.6 is 0 Å². The van der Waals surface area contributed by atoms with E-state index >= 15 is 0 Å². The zero-order chi connectivity index (χ0) is 15.6. The van der Waals surface area contributed by atoms with Crippen molar-refractivity contribution in [2.24, 2.45) is 0 Å². The number of aryl methyl sites for hydroxylation is 1. The van der Waals surface area contributed by atoms with E-state index < -0.39 is 10.0 Å². The van der Waals surface area contributed by atoms with Crippen LogP contribution in [-0.4, -0.2) is 38.5 Å². The van der Waals surface area contributed by atoms with Gasteiger partial charge in [-0.2, -0.15) is 0 Å². The van der Waals surface area contributed by atoms with Crippen molar-refractivity contribution in [1.29, 1.82) is 0 Å². The zero-order valence-electron chi connectivity index (χ0n) is 13.3. The molecule has 1 aliphatic carbocycles. The Morgan fingerprint density at radius 3 is 2.18 bits per heavy atom. The summed E-state index contributed by atoms with van der Waals surface area (Å²) in [6.07, 6.45) is 7.18. The first-order chi connectivity index (χ1) is 10.5. The number of sulfonamides is 1. The van der Waals surface area contributed by atoms with E-state index in [-0.39, 0.29) is 6.04 Å². The summed E-state index contributed by atoms with van der Waals surface area (Å²) in [6.45, 7) is 4.00. The Kier molecular flexibility index (Phi) is 4.85. The molecular formula is C17H26N2O2S. The lowest BCUT2D eigenvalue weighted by molar-refractivity contribution is 0.151. The molecule has 5 heteroatoms. The largest absolute Gasteiger partial charge is 0.300 e. The molecule has 0 unspecified atom stereocenters. The van der Waals surface area contributed by atoms with Gasteiger partial charge in [-0.3, -0.25) is 0 Å². The maximum atomic E-state index is 12.4. The molecule has 1 saturated carbocycles. The van der Waals surface area contributed by atoms with E-state index in [0.717, 1.165) is 37.5 Å². The van der Waals surface area contributed by atoms with E-state index in [1.54, 1.807) is 12.1 Å². The van der Waals surface area contributed by atoms with Gasteiger partial charge in [0.25, 0.3) is 0 Å². The van der Waals surface area contributed by atoms with Crippen molar-refractivity contribution in [2.75, 3.05) is 13.1 Å². The van der Waals surface area contributed by atoms with Crippen LogP contribution in [0.25, 0.3) is 0 Å². The topological polar surface area (TPSA) is 49.4 Å². The van der Waals surface area contributed by atoms with E-state index in [4.69, 9.17) is 0 Å². The SMILES string of the molecule is Cc1ccc(S(=O)(=O)NC2CCN(C3CCCC3)CC2)cc1. The second kappa shape index (κ2) is 6.69. The van der Waals surface area contributed by atoms with Crippen molar-refractivity contribution in [3.63, 3.8) is 0 Å². The standard InChI is InChI=1S/C17H26N2O2S/c1-14-6-8-17(9-7-14)22(20,21)18-15-10-12-19(13-11-15)16-4-2-3-5-16/h6-9,15-16,18H,2-5,10-13H2,1H3. The monoisotopic (exact) mass is 322 g/mol. The second-order valence-corrected chi connectivity index (χ2v) is 8.40. The van der Waals surface area contributed by atoms with Crippen molar-refractivity contribution < 1.29 is 8.42 Å². The molecule has 1 aromatic rings. The third kappa shape index (κ3) is 3.70. The molecule has 0 radical (unpaired) electrons. The third-order valence-electron chi connectivity index (χ3n) is 5.02. The molecule has 4 nitrogen and oxygen atoms in total. The smallest absolute Gasteiger partial charge is 0.240 e. The van der Waals surface area contributed by atoms with Crippen LogP contribution in [0.3, 0.4) is 0 Å². The Morgan fingerprint density at radius 2 is 1.59 bits per heavy atom. The van der Waals surface area contributed by atoms with Crippen LogP contribution < -0.4 is 4.72 Å². The molecule has 3 rings (SSSR count). The summed E-state index contributed by atoms with van der Waals surface area (Å²) in [6, 6.07) is 7.88. The van der Waals surface area contributed by atoms with E-state index in [1.807, 2.05) is 19.1 Å². The summed E-state index contributed by atoms with van der Waals surface area (Å²) < 4.78 is 27.7. The Bertz CT molecular complexity index is 584. The van der Waals surface area contributed by atoms with Gasteiger partial charge in [0.2, 0.25) is 10.0 Å². The lowest BCUT2D eigenvalue weighted by Gasteiger charge is -2.36. The van der Waals surface area contributed by atoms with Crippen molar-refractivity contribution in [3.8, 4) is 0 Å². The van der Waals surface area contributed by atoms with Gasteiger partial charge in [0.05, 0.1) is 4.90 Å². The quantitative estimate of drug-likeness (QED) is 0.927. The van der Waals surface area contributed by atoms with Gasteiger partial charge in [-0.15, -0.1) is 0 Å². The van der Waals surface area contributed by atoms with Gasteiger partial charge in [-0.05, 0) is 57.8 Å². The van der Waals surface area contributed by atoms with Gasteiger partial charge in [0.15, 0.2) is 0 Å². The Morgan fingerprint density at radius 1 is 1.00 bits per heavy atom. The van der Waals surface area contributed by atoms with Gasteiger partial charge in [-0.25, -0.2) is 13.1 Å². The number of benzene rings is 1. The first kappa shape index (κ1) is 16.0. The van der Waals surface area contributed by atoms with Gasteiger partial charge in [-0.1, -0.05) is 30.5 Å². The van der Waals surface area contributed by atoms with Crippen molar-refractivity contribution in [3.05, 3.63) is 29.8 Å². The highest BCUT2D eigenvalue weighted by molar-refractivity contribution is 7.89. The van der Waals surface area contributed by atoms with E-state index in [0.29, 0.717) is 4.90 Å². The number of hydrogen-bond acceptors (Lipinski definition) is 3. The Labute approximate surface area is 134 Å². The summed E-state index contributed by atoms with van der Waals surface area (Å²) in [4.78, 5) is 2.93. The first-order valence-electron chi connectivity index (χ1n) is 8.38. The molecule has 2 aliphatic rings. The van der Waals surface area contributed by atoms with Gasteiger partial charge < -0.3 is 4.90 Å². The molecule has 1 aliphatic heterocycles. The van der Waals surface area contributed by atoms with Crippen molar-refractivity contribution in [2.45, 2.75) is 62.4 Å². The summed E-state index contributed by atoms with van der Waals surface area (Å²) in [5.41, 5.74) is 1.07. The molecule has 22 heavy (non-hydrogen) atoms. The maximum absolute atomic E-state index is 12.4. The summed E-state index contributed by atoms with van der Waals surface area (Å²) in [7, 11) is -3.38. The molecule has 1 N–H and O–H groups in total. The van der Waals surface area contributed by atoms with E-state index in [1.165, 1.54) is 25.7 Å². The average Bonchev–Trinajstić information content (AvgIpc) is 3.02. The second-order valence-electron chi connectivity index (χ2n) is 6.68. The summed E-state index contributed by atoms with van der Waals surface area (Å²) >= 11 is 0. The Hall–Kier alpha value is -0.910. The predicted molar refractivity (Wildman–Crippen MR) is 88.4 cm³/mol. The van der Waals surface area contributed by atoms with Crippen LogP contribution in [0.4, 0.5) is 0 Å². The molecule has 1 aromatic carbocycles. The van der Waals surface area contributed by atoms with Crippen LogP contribution in [0.5, 0.6) is 0 Å². The minimum atomic E-state index is -3.38. The molecule has 0 aromatic heterocycles. The molecule has 1 saturated heterocycles. The lowest BCUT2D eigenvalue weighted by Crippen LogP contribution is -2.47. The molecule has 122 valence electrons. The highest BCUT2D eigenvalue weighted by Gasteiger charge is 2.29. The molecule has 0 amide bonds.